The van der Waals surface area contributed by atoms with Crippen LogP contribution in [0.5, 0.6) is 0 Å². The Morgan fingerprint density at radius 2 is 1.77 bits per heavy atom. The SMILES string of the molecule is C=CCn1c(SCC(=O)Nc2nc(-c3ccccc3)cs2)nnc1-c1ccccc1. The first kappa shape index (κ1) is 20.1. The molecule has 1 N–H and O–H groups in total. The molecule has 2 heterocycles. The molecular weight excluding hydrogens is 414 g/mol. The zero-order valence-corrected chi connectivity index (χ0v) is 17.7. The minimum Gasteiger partial charge on any atom is -0.301 e. The van der Waals surface area contributed by atoms with Gasteiger partial charge in [0.15, 0.2) is 16.1 Å². The Morgan fingerprint density at radius 1 is 1.07 bits per heavy atom. The van der Waals surface area contributed by atoms with E-state index in [1.165, 1.54) is 23.1 Å². The largest absolute Gasteiger partial charge is 0.301 e. The number of carbonyl (C=O) groups is 1. The minimum atomic E-state index is -0.136. The van der Waals surface area contributed by atoms with Crippen molar-refractivity contribution in [3.05, 3.63) is 78.7 Å². The van der Waals surface area contributed by atoms with Crippen LogP contribution in [0.4, 0.5) is 5.13 Å². The number of amides is 1. The Labute approximate surface area is 182 Å². The molecule has 0 aliphatic heterocycles. The second-order valence-corrected chi connectivity index (χ2v) is 8.11. The van der Waals surface area contributed by atoms with Gasteiger partial charge in [-0.25, -0.2) is 4.98 Å². The van der Waals surface area contributed by atoms with Gasteiger partial charge in [-0.15, -0.1) is 28.1 Å². The fourth-order valence-electron chi connectivity index (χ4n) is 2.85. The van der Waals surface area contributed by atoms with E-state index in [2.05, 4.69) is 27.1 Å². The molecule has 0 saturated heterocycles. The first-order valence-corrected chi connectivity index (χ1v) is 11.1. The zero-order valence-electron chi connectivity index (χ0n) is 16.1. The number of thioether (sulfide) groups is 1. The van der Waals surface area contributed by atoms with Crippen LogP contribution in [0.25, 0.3) is 22.6 Å². The fraction of sp³-hybridized carbons (Fsp3) is 0.0909. The summed E-state index contributed by atoms with van der Waals surface area (Å²) in [6.45, 7) is 4.38. The van der Waals surface area contributed by atoms with Crippen molar-refractivity contribution in [1.82, 2.24) is 19.7 Å². The molecule has 2 aromatic carbocycles. The fourth-order valence-corrected chi connectivity index (χ4v) is 4.33. The van der Waals surface area contributed by atoms with Crippen molar-refractivity contribution in [3.63, 3.8) is 0 Å². The molecule has 1 amide bonds. The van der Waals surface area contributed by atoms with Crippen LogP contribution < -0.4 is 5.32 Å². The van der Waals surface area contributed by atoms with E-state index in [9.17, 15) is 4.79 Å². The van der Waals surface area contributed by atoms with Crippen LogP contribution in [-0.2, 0) is 11.3 Å². The van der Waals surface area contributed by atoms with Gasteiger partial charge in [-0.05, 0) is 0 Å². The van der Waals surface area contributed by atoms with Gasteiger partial charge in [0, 0.05) is 23.1 Å². The van der Waals surface area contributed by atoms with Crippen molar-refractivity contribution in [2.45, 2.75) is 11.7 Å². The lowest BCUT2D eigenvalue weighted by atomic mass is 10.2. The van der Waals surface area contributed by atoms with Gasteiger partial charge in [0.2, 0.25) is 5.91 Å². The van der Waals surface area contributed by atoms with Crippen molar-refractivity contribution in [3.8, 4) is 22.6 Å². The Kier molecular flexibility index (Phi) is 6.36. The van der Waals surface area contributed by atoms with Gasteiger partial charge in [0.25, 0.3) is 0 Å². The van der Waals surface area contributed by atoms with Gasteiger partial charge >= 0.3 is 0 Å². The van der Waals surface area contributed by atoms with Gasteiger partial charge in [0.05, 0.1) is 11.4 Å². The molecule has 8 heteroatoms. The molecule has 150 valence electrons. The van der Waals surface area contributed by atoms with Crippen LogP contribution >= 0.6 is 23.1 Å². The first-order chi connectivity index (χ1) is 14.7. The summed E-state index contributed by atoms with van der Waals surface area (Å²) in [5, 5.41) is 14.6. The number of nitrogens with one attached hydrogen (secondary N) is 1. The van der Waals surface area contributed by atoms with E-state index in [4.69, 9.17) is 0 Å². The summed E-state index contributed by atoms with van der Waals surface area (Å²) in [7, 11) is 0. The number of thiazole rings is 1. The van der Waals surface area contributed by atoms with Crippen molar-refractivity contribution >= 4 is 34.1 Å². The molecule has 0 aliphatic rings. The van der Waals surface area contributed by atoms with E-state index in [1.54, 1.807) is 6.08 Å². The summed E-state index contributed by atoms with van der Waals surface area (Å²) in [6.07, 6.45) is 1.79. The average Bonchev–Trinajstić information content (AvgIpc) is 3.41. The minimum absolute atomic E-state index is 0.136. The maximum Gasteiger partial charge on any atom is 0.236 e. The number of hydrogen-bond acceptors (Lipinski definition) is 6. The molecule has 0 saturated carbocycles. The molecule has 0 atom stereocenters. The Balaban J connectivity index is 1.41. The third kappa shape index (κ3) is 4.67. The predicted octanol–water partition coefficient (Wildman–Crippen LogP) is 4.99. The van der Waals surface area contributed by atoms with E-state index >= 15 is 0 Å². The lowest BCUT2D eigenvalue weighted by molar-refractivity contribution is -0.113. The lowest BCUT2D eigenvalue weighted by Gasteiger charge is -2.07. The van der Waals surface area contributed by atoms with Gasteiger partial charge in [-0.1, -0.05) is 78.5 Å². The molecule has 4 rings (SSSR count). The molecule has 2 aromatic heterocycles. The highest BCUT2D eigenvalue weighted by atomic mass is 32.2. The van der Waals surface area contributed by atoms with Crippen molar-refractivity contribution in [2.75, 3.05) is 11.1 Å². The van der Waals surface area contributed by atoms with Gasteiger partial charge in [0.1, 0.15) is 0 Å². The smallest absolute Gasteiger partial charge is 0.236 e. The van der Waals surface area contributed by atoms with Crippen LogP contribution in [0.1, 0.15) is 0 Å². The Hall–Kier alpha value is -3.23. The average molecular weight is 434 g/mol. The number of rotatable bonds is 8. The maximum atomic E-state index is 12.4. The van der Waals surface area contributed by atoms with Gasteiger partial charge in [-0.2, -0.15) is 0 Å². The number of allylic oxidation sites excluding steroid dienone is 1. The highest BCUT2D eigenvalue weighted by molar-refractivity contribution is 7.99. The van der Waals surface area contributed by atoms with Gasteiger partial charge in [-0.3, -0.25) is 9.36 Å². The Morgan fingerprint density at radius 3 is 2.47 bits per heavy atom. The van der Waals surface area contributed by atoms with E-state index in [1.807, 2.05) is 70.6 Å². The summed E-state index contributed by atoms with van der Waals surface area (Å²) >= 11 is 2.75. The molecule has 30 heavy (non-hydrogen) atoms. The van der Waals surface area contributed by atoms with E-state index in [0.717, 1.165) is 22.6 Å². The van der Waals surface area contributed by atoms with Crippen LogP contribution in [0.2, 0.25) is 0 Å². The maximum absolute atomic E-state index is 12.4. The van der Waals surface area contributed by atoms with Crippen LogP contribution in [-0.4, -0.2) is 31.4 Å². The molecule has 4 aromatic rings. The summed E-state index contributed by atoms with van der Waals surface area (Å²) in [5.41, 5.74) is 2.84. The zero-order chi connectivity index (χ0) is 20.8. The molecule has 0 radical (unpaired) electrons. The van der Waals surface area contributed by atoms with Crippen LogP contribution in [0.15, 0.2) is 83.9 Å². The standard InChI is InChI=1S/C22H19N5OS2/c1-2-13-27-20(17-11-7-4-8-12-17)25-26-22(27)30-15-19(28)24-21-23-18(14-29-21)16-9-5-3-6-10-16/h2-12,14H,1,13,15H2,(H,23,24,28). The quantitative estimate of drug-likeness (QED) is 0.313. The Bertz CT molecular complexity index is 1140. The molecule has 0 spiro atoms. The highest BCUT2D eigenvalue weighted by Crippen LogP contribution is 2.26. The van der Waals surface area contributed by atoms with Crippen molar-refractivity contribution in [2.24, 2.45) is 0 Å². The number of hydrogen-bond donors (Lipinski definition) is 1. The van der Waals surface area contributed by atoms with E-state index in [0.29, 0.717) is 16.8 Å². The number of aromatic nitrogens is 4. The second-order valence-electron chi connectivity index (χ2n) is 6.31. The molecule has 6 nitrogen and oxygen atoms in total. The summed E-state index contributed by atoms with van der Waals surface area (Å²) in [5.74, 6) is 0.832. The molecule has 0 fully saturated rings. The second kappa shape index (κ2) is 9.51. The summed E-state index contributed by atoms with van der Waals surface area (Å²) in [6, 6.07) is 19.7. The van der Waals surface area contributed by atoms with Crippen molar-refractivity contribution in [1.29, 1.82) is 0 Å². The normalized spacial score (nSPS) is 10.7. The third-order valence-corrected chi connectivity index (χ3v) is 5.94. The predicted molar refractivity (Wildman–Crippen MR) is 123 cm³/mol. The molecule has 0 bridgehead atoms. The van der Waals surface area contributed by atoms with Gasteiger partial charge < -0.3 is 5.32 Å². The third-order valence-electron chi connectivity index (χ3n) is 4.21. The van der Waals surface area contributed by atoms with E-state index in [-0.39, 0.29) is 11.7 Å². The lowest BCUT2D eigenvalue weighted by Crippen LogP contribution is -2.14. The molecule has 0 unspecified atom stereocenters. The van der Waals surface area contributed by atoms with Crippen LogP contribution in [0, 0.1) is 0 Å². The van der Waals surface area contributed by atoms with E-state index < -0.39 is 0 Å². The number of nitrogens with zero attached hydrogens (tertiary/aromatic N) is 4. The molecule has 0 aliphatic carbocycles. The summed E-state index contributed by atoms with van der Waals surface area (Å²) in [4.78, 5) is 16.9. The number of benzene rings is 2. The van der Waals surface area contributed by atoms with Crippen LogP contribution in [0.3, 0.4) is 0 Å². The topological polar surface area (TPSA) is 72.7 Å². The number of anilines is 1. The first-order valence-electron chi connectivity index (χ1n) is 9.27. The van der Waals surface area contributed by atoms with Crippen molar-refractivity contribution < 1.29 is 4.79 Å². The number of carbonyl (C=O) groups excluding carboxylic acids is 1. The monoisotopic (exact) mass is 433 g/mol. The summed E-state index contributed by atoms with van der Waals surface area (Å²) < 4.78 is 1.96. The highest BCUT2D eigenvalue weighted by Gasteiger charge is 2.15. The molecular formula is C22H19N5OS2.